The zero-order valence-corrected chi connectivity index (χ0v) is 8.71. The number of allylic oxidation sites excluding steroid dienone is 3. The third kappa shape index (κ3) is 4.00. The van der Waals surface area contributed by atoms with Gasteiger partial charge in [-0.05, 0) is 19.3 Å². The number of nitrogens with zero attached hydrogens (tertiary/aromatic N) is 1. The Morgan fingerprint density at radius 1 is 1.31 bits per heavy atom. The maximum absolute atomic E-state index is 4.28. The molecule has 0 amide bonds. The Morgan fingerprint density at radius 2 is 2.08 bits per heavy atom. The van der Waals surface area contributed by atoms with Gasteiger partial charge >= 0.3 is 0 Å². The van der Waals surface area contributed by atoms with Crippen molar-refractivity contribution in [2.24, 2.45) is 10.9 Å². The van der Waals surface area contributed by atoms with E-state index in [0.717, 1.165) is 0 Å². The fourth-order valence-electron chi connectivity index (χ4n) is 0.927. The van der Waals surface area contributed by atoms with E-state index in [1.54, 1.807) is 11.8 Å². The van der Waals surface area contributed by atoms with Crippen LogP contribution < -0.4 is 0 Å². The van der Waals surface area contributed by atoms with Crippen LogP contribution in [0.2, 0.25) is 0 Å². The Labute approximate surface area is 84.0 Å². The van der Waals surface area contributed by atoms with Gasteiger partial charge in [-0.25, -0.2) is 0 Å². The van der Waals surface area contributed by atoms with Gasteiger partial charge in [0.25, 0.3) is 0 Å². The van der Waals surface area contributed by atoms with Gasteiger partial charge in [0.15, 0.2) is 0 Å². The maximum Gasteiger partial charge on any atom is 0.129 e. The molecule has 0 saturated carbocycles. The van der Waals surface area contributed by atoms with Crippen LogP contribution in [0.1, 0.15) is 6.92 Å². The summed E-state index contributed by atoms with van der Waals surface area (Å²) >= 11 is 1.60. The molecule has 0 aromatic carbocycles. The van der Waals surface area contributed by atoms with Crippen LogP contribution in [0.3, 0.4) is 0 Å². The fraction of sp³-hybridized carbons (Fsp3) is 0.364. The lowest BCUT2D eigenvalue weighted by molar-refractivity contribution is 0.964. The molecule has 0 spiro atoms. The third-order valence-electron chi connectivity index (χ3n) is 1.59. The highest BCUT2D eigenvalue weighted by Gasteiger charge is 1.97. The standard InChI is InChI=1S/C11H13NS/c1-10-5-3-4-6-11(8-7-10)12-9-13-2/h3-6,9-11H,1-2H3/b5-3-,6-4?,12-9?. The van der Waals surface area contributed by atoms with Crippen LogP contribution in [0, 0.1) is 17.8 Å². The highest BCUT2D eigenvalue weighted by atomic mass is 32.2. The molecular weight excluding hydrogens is 178 g/mol. The molecule has 2 atom stereocenters. The second-order valence-corrected chi connectivity index (χ2v) is 3.46. The van der Waals surface area contributed by atoms with Crippen molar-refractivity contribution in [2.45, 2.75) is 13.0 Å². The third-order valence-corrected chi connectivity index (χ3v) is 1.92. The van der Waals surface area contributed by atoms with Crippen molar-refractivity contribution in [1.29, 1.82) is 0 Å². The highest BCUT2D eigenvalue weighted by molar-refractivity contribution is 8.11. The van der Waals surface area contributed by atoms with Crippen molar-refractivity contribution in [2.75, 3.05) is 6.26 Å². The molecule has 0 heterocycles. The van der Waals surface area contributed by atoms with Gasteiger partial charge in [0.2, 0.25) is 0 Å². The van der Waals surface area contributed by atoms with E-state index in [1.165, 1.54) is 0 Å². The zero-order chi connectivity index (χ0) is 9.52. The van der Waals surface area contributed by atoms with Crippen molar-refractivity contribution in [3.8, 4) is 11.8 Å². The van der Waals surface area contributed by atoms with E-state index in [0.29, 0.717) is 5.92 Å². The molecule has 0 fully saturated rings. The van der Waals surface area contributed by atoms with Gasteiger partial charge in [-0.2, -0.15) is 0 Å². The summed E-state index contributed by atoms with van der Waals surface area (Å²) in [6.45, 7) is 2.08. The highest BCUT2D eigenvalue weighted by Crippen LogP contribution is 2.02. The first-order valence-electron chi connectivity index (χ1n) is 4.23. The van der Waals surface area contributed by atoms with Gasteiger partial charge in [-0.3, -0.25) is 4.99 Å². The lowest BCUT2D eigenvalue weighted by Gasteiger charge is -2.00. The largest absolute Gasteiger partial charge is 0.266 e. The minimum Gasteiger partial charge on any atom is -0.266 e. The van der Waals surface area contributed by atoms with E-state index in [2.05, 4.69) is 29.8 Å². The predicted octanol–water partition coefficient (Wildman–Crippen LogP) is 2.51. The molecule has 2 unspecified atom stereocenters. The first-order valence-corrected chi connectivity index (χ1v) is 5.52. The molecule has 2 heteroatoms. The van der Waals surface area contributed by atoms with E-state index in [1.807, 2.05) is 30.0 Å². The second-order valence-electron chi connectivity index (χ2n) is 2.78. The Balaban J connectivity index is 2.70. The Morgan fingerprint density at radius 3 is 2.85 bits per heavy atom. The van der Waals surface area contributed by atoms with Crippen LogP contribution in [-0.2, 0) is 0 Å². The molecule has 0 N–H and O–H groups in total. The number of rotatable bonds is 2. The topological polar surface area (TPSA) is 12.4 Å². The van der Waals surface area contributed by atoms with Crippen molar-refractivity contribution in [1.82, 2.24) is 0 Å². The van der Waals surface area contributed by atoms with E-state index in [9.17, 15) is 0 Å². The minimum atomic E-state index is 0.0276. The molecule has 0 aromatic rings. The van der Waals surface area contributed by atoms with Crippen LogP contribution in [0.4, 0.5) is 0 Å². The van der Waals surface area contributed by atoms with E-state index < -0.39 is 0 Å². The molecule has 0 saturated heterocycles. The summed E-state index contributed by atoms with van der Waals surface area (Å²) in [6, 6.07) is 0.0276. The van der Waals surface area contributed by atoms with Crippen LogP contribution >= 0.6 is 11.8 Å². The Kier molecular flexibility index (Phi) is 4.42. The summed E-state index contributed by atoms with van der Waals surface area (Å²) in [6.07, 6.45) is 10.1. The van der Waals surface area contributed by atoms with Crippen LogP contribution in [-0.4, -0.2) is 17.8 Å². The number of hydrogen-bond acceptors (Lipinski definition) is 2. The molecule has 0 aromatic heterocycles. The number of aliphatic imine (C=N–C) groups is 1. The van der Waals surface area contributed by atoms with Gasteiger partial charge in [-0.1, -0.05) is 30.1 Å². The number of thioether (sulfide) groups is 1. The molecule has 13 heavy (non-hydrogen) atoms. The monoisotopic (exact) mass is 191 g/mol. The average Bonchev–Trinajstić information content (AvgIpc) is 2.11. The maximum atomic E-state index is 4.28. The van der Waals surface area contributed by atoms with Crippen molar-refractivity contribution in [3.63, 3.8) is 0 Å². The molecule has 68 valence electrons. The first kappa shape index (κ1) is 10.1. The molecular formula is C11H13NS. The van der Waals surface area contributed by atoms with Crippen LogP contribution in [0.5, 0.6) is 0 Å². The quantitative estimate of drug-likeness (QED) is 0.371. The van der Waals surface area contributed by atoms with Gasteiger partial charge in [-0.15, -0.1) is 11.8 Å². The van der Waals surface area contributed by atoms with Gasteiger partial charge < -0.3 is 0 Å². The fourth-order valence-corrected chi connectivity index (χ4v) is 1.18. The summed E-state index contributed by atoms with van der Waals surface area (Å²) in [5.41, 5.74) is 1.83. The average molecular weight is 191 g/mol. The summed E-state index contributed by atoms with van der Waals surface area (Å²) in [5, 5.41) is 0. The normalized spacial score (nSPS) is 29.1. The van der Waals surface area contributed by atoms with E-state index >= 15 is 0 Å². The van der Waals surface area contributed by atoms with Crippen molar-refractivity contribution < 1.29 is 0 Å². The Hall–Kier alpha value is -0.940. The first-order chi connectivity index (χ1) is 6.33. The smallest absolute Gasteiger partial charge is 0.129 e. The van der Waals surface area contributed by atoms with Gasteiger partial charge in [0.1, 0.15) is 6.04 Å². The van der Waals surface area contributed by atoms with E-state index in [-0.39, 0.29) is 6.04 Å². The SMILES string of the molecule is CSC=NC1C#CC(C)/C=C\C=C1. The molecule has 1 aliphatic rings. The predicted molar refractivity (Wildman–Crippen MR) is 61.0 cm³/mol. The van der Waals surface area contributed by atoms with Gasteiger partial charge in [0, 0.05) is 5.92 Å². The summed E-state index contributed by atoms with van der Waals surface area (Å²) in [5.74, 6) is 6.57. The zero-order valence-electron chi connectivity index (χ0n) is 7.90. The molecule has 1 aliphatic carbocycles. The van der Waals surface area contributed by atoms with E-state index in [4.69, 9.17) is 0 Å². The summed E-state index contributed by atoms with van der Waals surface area (Å²) in [7, 11) is 0. The van der Waals surface area contributed by atoms with Crippen LogP contribution in [0.25, 0.3) is 0 Å². The van der Waals surface area contributed by atoms with Crippen LogP contribution in [0.15, 0.2) is 29.3 Å². The summed E-state index contributed by atoms with van der Waals surface area (Å²) in [4.78, 5) is 4.28. The van der Waals surface area contributed by atoms with Crippen molar-refractivity contribution in [3.05, 3.63) is 24.3 Å². The van der Waals surface area contributed by atoms with Gasteiger partial charge in [0.05, 0.1) is 5.55 Å². The molecule has 0 radical (unpaired) electrons. The van der Waals surface area contributed by atoms with Crippen molar-refractivity contribution >= 4 is 17.3 Å². The lowest BCUT2D eigenvalue weighted by Crippen LogP contribution is -1.98. The molecule has 1 nitrogen and oxygen atoms in total. The molecule has 1 rings (SSSR count). The minimum absolute atomic E-state index is 0.0276. The summed E-state index contributed by atoms with van der Waals surface area (Å²) < 4.78 is 0. The second kappa shape index (κ2) is 5.66. The Bertz CT molecular complexity index is 291. The molecule has 0 aliphatic heterocycles. The molecule has 0 bridgehead atoms. The number of hydrogen-bond donors (Lipinski definition) is 0. The lowest BCUT2D eigenvalue weighted by atomic mass is 10.1.